The number of aliphatic hydroxyl groups is 1. The molecule has 0 bridgehead atoms. The Morgan fingerprint density at radius 2 is 1.09 bits per heavy atom. The number of rotatable bonds is 4. The molecule has 2 aromatic carbocycles. The van der Waals surface area contributed by atoms with Crippen LogP contribution in [0.3, 0.4) is 0 Å². The summed E-state index contributed by atoms with van der Waals surface area (Å²) in [5.41, 5.74) is 5.76. The van der Waals surface area contributed by atoms with Gasteiger partial charge in [0, 0.05) is 0 Å². The van der Waals surface area contributed by atoms with Gasteiger partial charge in [-0.3, -0.25) is 4.48 Å². The minimum atomic E-state index is 0.505. The predicted molar refractivity (Wildman–Crippen MR) is 92.4 cm³/mol. The Bertz CT molecular complexity index is 670. The Balaban J connectivity index is 2.33. The first-order valence-electron chi connectivity index (χ1n) is 8.17. The highest BCUT2D eigenvalue weighted by atomic mass is 16.3. The summed E-state index contributed by atoms with van der Waals surface area (Å²) >= 11 is 0. The van der Waals surface area contributed by atoms with Crippen LogP contribution in [0, 0.1) is 0 Å². The van der Waals surface area contributed by atoms with Crippen LogP contribution in [0.2, 0.25) is 0 Å². The van der Waals surface area contributed by atoms with Crippen molar-refractivity contribution >= 4 is 5.57 Å². The lowest BCUT2D eigenvalue weighted by molar-refractivity contribution is -0.900. The van der Waals surface area contributed by atoms with Crippen LogP contribution in [0.1, 0.15) is 31.9 Å². The van der Waals surface area contributed by atoms with E-state index in [2.05, 4.69) is 69.3 Å². The SMILES string of the molecule is CC[N+](CC)(CC)C(O)=C1c2ccccc2-c2ccccc21. The van der Waals surface area contributed by atoms with Crippen molar-refractivity contribution in [1.82, 2.24) is 0 Å². The van der Waals surface area contributed by atoms with Gasteiger partial charge in [-0.05, 0) is 43.0 Å². The third-order valence-electron chi connectivity index (χ3n) is 5.17. The predicted octanol–water partition coefficient (Wildman–Crippen LogP) is 4.82. The number of hydrogen-bond donors (Lipinski definition) is 1. The Labute approximate surface area is 132 Å². The molecule has 0 radical (unpaired) electrons. The van der Waals surface area contributed by atoms with Gasteiger partial charge in [-0.2, -0.15) is 0 Å². The van der Waals surface area contributed by atoms with Crippen molar-refractivity contribution in [3.63, 3.8) is 0 Å². The first kappa shape index (κ1) is 14.9. The molecule has 0 spiro atoms. The molecule has 0 saturated carbocycles. The van der Waals surface area contributed by atoms with Gasteiger partial charge in [-0.1, -0.05) is 48.5 Å². The minimum Gasteiger partial charge on any atom is -0.467 e. The summed E-state index contributed by atoms with van der Waals surface area (Å²) in [5.74, 6) is 0.505. The van der Waals surface area contributed by atoms with Crippen LogP contribution in [0.5, 0.6) is 0 Å². The van der Waals surface area contributed by atoms with Crippen LogP contribution in [0.15, 0.2) is 54.4 Å². The van der Waals surface area contributed by atoms with Crippen LogP contribution in [-0.2, 0) is 0 Å². The van der Waals surface area contributed by atoms with E-state index >= 15 is 0 Å². The third-order valence-corrected chi connectivity index (χ3v) is 5.17. The van der Waals surface area contributed by atoms with Crippen molar-refractivity contribution in [3.8, 4) is 11.1 Å². The standard InChI is InChI=1S/C20H23NO/c1-4-21(5-2,6-3)20(22)19-17-13-9-7-11-15(17)16-12-8-10-14-18(16)19/h7-14H,4-6H2,1-3H3/p+1. The zero-order valence-electron chi connectivity index (χ0n) is 13.6. The molecule has 0 aromatic heterocycles. The summed E-state index contributed by atoms with van der Waals surface area (Å²) in [6.45, 7) is 9.13. The summed E-state index contributed by atoms with van der Waals surface area (Å²) in [6, 6.07) is 16.8. The Hall–Kier alpha value is -2.06. The molecule has 2 aromatic rings. The fourth-order valence-corrected chi connectivity index (χ4v) is 3.62. The van der Waals surface area contributed by atoms with E-state index in [0.717, 1.165) is 36.3 Å². The molecule has 0 saturated heterocycles. The van der Waals surface area contributed by atoms with Gasteiger partial charge in [0.05, 0.1) is 25.2 Å². The lowest BCUT2D eigenvalue weighted by Gasteiger charge is -2.34. The second-order valence-electron chi connectivity index (χ2n) is 5.88. The molecule has 2 heteroatoms. The van der Waals surface area contributed by atoms with Gasteiger partial charge in [0.15, 0.2) is 0 Å². The van der Waals surface area contributed by atoms with E-state index in [1.54, 1.807) is 0 Å². The van der Waals surface area contributed by atoms with E-state index in [4.69, 9.17) is 0 Å². The molecule has 1 aliphatic carbocycles. The Morgan fingerprint density at radius 1 is 0.727 bits per heavy atom. The van der Waals surface area contributed by atoms with Crippen molar-refractivity contribution in [2.24, 2.45) is 0 Å². The molecule has 0 fully saturated rings. The van der Waals surface area contributed by atoms with Crippen molar-refractivity contribution in [2.75, 3.05) is 19.6 Å². The monoisotopic (exact) mass is 294 g/mol. The number of fused-ring (bicyclic) bond motifs is 3. The van der Waals surface area contributed by atoms with E-state index in [1.165, 1.54) is 11.1 Å². The second-order valence-corrected chi connectivity index (χ2v) is 5.88. The Kier molecular flexibility index (Phi) is 3.79. The zero-order valence-corrected chi connectivity index (χ0v) is 13.6. The number of nitrogens with zero attached hydrogens (tertiary/aromatic N) is 1. The number of aliphatic hydroxyl groups excluding tert-OH is 1. The molecule has 1 aliphatic rings. The minimum absolute atomic E-state index is 0.505. The molecule has 3 rings (SSSR count). The molecule has 22 heavy (non-hydrogen) atoms. The molecular weight excluding hydrogens is 270 g/mol. The lowest BCUT2D eigenvalue weighted by atomic mass is 10.0. The summed E-state index contributed by atoms with van der Waals surface area (Å²) in [7, 11) is 0. The number of hydrogen-bond acceptors (Lipinski definition) is 1. The van der Waals surface area contributed by atoms with Crippen molar-refractivity contribution in [3.05, 3.63) is 65.5 Å². The number of benzene rings is 2. The molecular formula is C20H24NO+. The number of quaternary nitrogens is 1. The van der Waals surface area contributed by atoms with Crippen LogP contribution in [0.4, 0.5) is 0 Å². The van der Waals surface area contributed by atoms with E-state index in [1.807, 2.05) is 0 Å². The molecule has 0 aliphatic heterocycles. The third kappa shape index (κ3) is 1.98. The zero-order chi connectivity index (χ0) is 15.7. The molecule has 1 N–H and O–H groups in total. The second kappa shape index (κ2) is 5.62. The maximum atomic E-state index is 11.2. The van der Waals surface area contributed by atoms with Crippen molar-refractivity contribution in [1.29, 1.82) is 0 Å². The topological polar surface area (TPSA) is 20.2 Å². The summed E-state index contributed by atoms with van der Waals surface area (Å²) < 4.78 is 0.623. The van der Waals surface area contributed by atoms with Gasteiger partial charge < -0.3 is 5.11 Å². The average Bonchev–Trinajstić information content (AvgIpc) is 2.91. The maximum Gasteiger partial charge on any atom is 0.297 e. The Morgan fingerprint density at radius 3 is 1.45 bits per heavy atom. The average molecular weight is 294 g/mol. The van der Waals surface area contributed by atoms with Gasteiger partial charge >= 0.3 is 0 Å². The van der Waals surface area contributed by atoms with Gasteiger partial charge in [-0.15, -0.1) is 0 Å². The smallest absolute Gasteiger partial charge is 0.297 e. The normalized spacial score (nSPS) is 13.0. The van der Waals surface area contributed by atoms with E-state index < -0.39 is 0 Å². The molecule has 0 unspecified atom stereocenters. The van der Waals surface area contributed by atoms with Gasteiger partial charge in [0.1, 0.15) is 0 Å². The molecule has 2 nitrogen and oxygen atoms in total. The molecule has 0 amide bonds. The first-order valence-corrected chi connectivity index (χ1v) is 8.17. The van der Waals surface area contributed by atoms with Gasteiger partial charge in [-0.25, -0.2) is 0 Å². The van der Waals surface area contributed by atoms with Crippen molar-refractivity contribution < 1.29 is 9.59 Å². The van der Waals surface area contributed by atoms with E-state index in [0.29, 0.717) is 10.4 Å². The first-order chi connectivity index (χ1) is 10.7. The highest BCUT2D eigenvalue weighted by Gasteiger charge is 2.35. The molecule has 0 atom stereocenters. The highest BCUT2D eigenvalue weighted by Crippen LogP contribution is 2.46. The fourth-order valence-electron chi connectivity index (χ4n) is 3.62. The fraction of sp³-hybridized carbons (Fsp3) is 0.300. The summed E-state index contributed by atoms with van der Waals surface area (Å²) in [6.07, 6.45) is 0. The van der Waals surface area contributed by atoms with Crippen LogP contribution >= 0.6 is 0 Å². The lowest BCUT2D eigenvalue weighted by Crippen LogP contribution is -2.47. The largest absolute Gasteiger partial charge is 0.467 e. The van der Waals surface area contributed by atoms with E-state index in [-0.39, 0.29) is 0 Å². The molecule has 0 heterocycles. The van der Waals surface area contributed by atoms with Crippen LogP contribution in [-0.4, -0.2) is 29.2 Å². The van der Waals surface area contributed by atoms with Crippen molar-refractivity contribution in [2.45, 2.75) is 20.8 Å². The summed E-state index contributed by atoms with van der Waals surface area (Å²) in [4.78, 5) is 0. The maximum absolute atomic E-state index is 11.2. The van der Waals surface area contributed by atoms with Crippen LogP contribution in [0.25, 0.3) is 16.7 Å². The van der Waals surface area contributed by atoms with Crippen LogP contribution < -0.4 is 0 Å². The summed E-state index contributed by atoms with van der Waals surface area (Å²) in [5, 5.41) is 11.2. The highest BCUT2D eigenvalue weighted by molar-refractivity contribution is 6.01. The molecule has 114 valence electrons. The quantitative estimate of drug-likeness (QED) is 0.540. The van der Waals surface area contributed by atoms with Gasteiger partial charge in [0.2, 0.25) is 0 Å². The van der Waals surface area contributed by atoms with E-state index in [9.17, 15) is 5.11 Å². The van der Waals surface area contributed by atoms with Gasteiger partial charge in [0.25, 0.3) is 5.88 Å².